The largest absolute Gasteiger partial charge is 0.394 e. The lowest BCUT2D eigenvalue weighted by Crippen LogP contribution is -2.72. The van der Waals surface area contributed by atoms with Crippen molar-refractivity contribution >= 4 is 5.78 Å². The molecule has 0 amide bonds. The molecule has 0 spiro atoms. The zero-order valence-electron chi connectivity index (χ0n) is 12.4. The van der Waals surface area contributed by atoms with Gasteiger partial charge in [-0.05, 0) is 6.42 Å². The van der Waals surface area contributed by atoms with Gasteiger partial charge in [0.25, 0.3) is 0 Å². The molecule has 0 saturated carbocycles. The lowest BCUT2D eigenvalue weighted by atomic mass is 9.87. The molecular weight excluding hydrogens is 278 g/mol. The Labute approximate surface area is 124 Å². The van der Waals surface area contributed by atoms with Gasteiger partial charge in [-0.15, -0.1) is 0 Å². The van der Waals surface area contributed by atoms with Crippen molar-refractivity contribution in [1.82, 2.24) is 0 Å². The van der Waals surface area contributed by atoms with E-state index in [9.17, 15) is 20.1 Å². The molecule has 0 unspecified atom stereocenters. The van der Waals surface area contributed by atoms with Crippen LogP contribution in [0.4, 0.5) is 0 Å². The van der Waals surface area contributed by atoms with Crippen LogP contribution in [0.3, 0.4) is 0 Å². The number of carbonyl (C=O) groups is 1. The summed E-state index contributed by atoms with van der Waals surface area (Å²) in [5.74, 6) is -0.532. The molecule has 1 heterocycles. The lowest BCUT2D eigenvalue weighted by Gasteiger charge is -2.45. The van der Waals surface area contributed by atoms with Crippen molar-refractivity contribution in [1.29, 1.82) is 0 Å². The van der Waals surface area contributed by atoms with E-state index in [2.05, 4.69) is 6.92 Å². The predicted molar refractivity (Wildman–Crippen MR) is 75.3 cm³/mol. The van der Waals surface area contributed by atoms with Crippen LogP contribution in [0.1, 0.15) is 45.4 Å². The van der Waals surface area contributed by atoms with Crippen LogP contribution < -0.4 is 5.73 Å². The monoisotopic (exact) mass is 305 g/mol. The van der Waals surface area contributed by atoms with Crippen LogP contribution in [0.2, 0.25) is 0 Å². The summed E-state index contributed by atoms with van der Waals surface area (Å²) in [7, 11) is 0. The third-order valence-electron chi connectivity index (χ3n) is 3.96. The molecule has 21 heavy (non-hydrogen) atoms. The Bertz CT molecular complexity index is 337. The van der Waals surface area contributed by atoms with Gasteiger partial charge in [0.1, 0.15) is 24.4 Å². The van der Waals surface area contributed by atoms with Crippen molar-refractivity contribution in [2.75, 3.05) is 6.61 Å². The molecule has 1 fully saturated rings. The zero-order chi connectivity index (χ0) is 16.0. The molecular formula is C14H27NO6. The highest BCUT2D eigenvalue weighted by Crippen LogP contribution is 2.28. The molecule has 1 saturated heterocycles. The molecule has 5 atom stereocenters. The molecule has 7 nitrogen and oxygen atoms in total. The van der Waals surface area contributed by atoms with Gasteiger partial charge in [0, 0.05) is 6.42 Å². The van der Waals surface area contributed by atoms with E-state index < -0.39 is 42.5 Å². The van der Waals surface area contributed by atoms with Gasteiger partial charge in [-0.2, -0.15) is 0 Å². The second-order valence-electron chi connectivity index (χ2n) is 5.65. The number of Topliss-reactive ketones (excluding diaryl/α,β-unsaturated/α-hetero) is 1. The maximum Gasteiger partial charge on any atom is 0.205 e. The van der Waals surface area contributed by atoms with Crippen LogP contribution in [-0.2, 0) is 9.53 Å². The number of rotatable bonds is 8. The van der Waals surface area contributed by atoms with Crippen molar-refractivity contribution in [2.24, 2.45) is 5.73 Å². The van der Waals surface area contributed by atoms with Gasteiger partial charge in [-0.3, -0.25) is 10.5 Å². The first-order valence-electron chi connectivity index (χ1n) is 7.53. The van der Waals surface area contributed by atoms with Gasteiger partial charge < -0.3 is 25.2 Å². The molecule has 0 aromatic carbocycles. The van der Waals surface area contributed by atoms with E-state index in [4.69, 9.17) is 15.6 Å². The van der Waals surface area contributed by atoms with Gasteiger partial charge >= 0.3 is 0 Å². The number of nitrogens with two attached hydrogens (primary N) is 1. The minimum Gasteiger partial charge on any atom is -0.394 e. The quantitative estimate of drug-likeness (QED) is 0.365. The summed E-state index contributed by atoms with van der Waals surface area (Å²) in [6.45, 7) is 1.49. The molecule has 6 N–H and O–H groups in total. The third-order valence-corrected chi connectivity index (χ3v) is 3.96. The lowest BCUT2D eigenvalue weighted by molar-refractivity contribution is -0.263. The van der Waals surface area contributed by atoms with Gasteiger partial charge in [0.15, 0.2) is 5.78 Å². The van der Waals surface area contributed by atoms with Crippen LogP contribution >= 0.6 is 0 Å². The Morgan fingerprint density at radius 2 is 1.76 bits per heavy atom. The molecule has 7 heteroatoms. The van der Waals surface area contributed by atoms with Crippen molar-refractivity contribution in [3.8, 4) is 0 Å². The van der Waals surface area contributed by atoms with E-state index in [1.165, 1.54) is 0 Å². The van der Waals surface area contributed by atoms with Crippen LogP contribution in [0.15, 0.2) is 0 Å². The van der Waals surface area contributed by atoms with Crippen LogP contribution in [0.5, 0.6) is 0 Å². The first-order valence-corrected chi connectivity index (χ1v) is 7.53. The van der Waals surface area contributed by atoms with Crippen molar-refractivity contribution in [3.63, 3.8) is 0 Å². The highest BCUT2D eigenvalue weighted by atomic mass is 16.6. The number of aliphatic hydroxyl groups excluding tert-OH is 4. The van der Waals surface area contributed by atoms with E-state index in [1.807, 2.05) is 0 Å². The number of ether oxygens (including phenoxy) is 1. The van der Waals surface area contributed by atoms with E-state index in [1.54, 1.807) is 0 Å². The van der Waals surface area contributed by atoms with Crippen molar-refractivity contribution in [2.45, 2.75) is 75.6 Å². The van der Waals surface area contributed by atoms with Crippen molar-refractivity contribution in [3.05, 3.63) is 0 Å². The first kappa shape index (κ1) is 18.5. The Morgan fingerprint density at radius 3 is 2.33 bits per heavy atom. The van der Waals surface area contributed by atoms with Gasteiger partial charge in [0.05, 0.1) is 6.61 Å². The SMILES string of the molecule is CCCCCCCC(=O)[C@@]1(N)O[C@H](CO)[C@@H](O)[C@H](O)[C@H]1O. The Hall–Kier alpha value is -0.570. The van der Waals surface area contributed by atoms with E-state index in [0.717, 1.165) is 25.7 Å². The average Bonchev–Trinajstić information content (AvgIpc) is 2.48. The number of unbranched alkanes of at least 4 members (excludes halogenated alkanes) is 4. The first-order chi connectivity index (χ1) is 9.88. The molecule has 1 rings (SSSR count). The van der Waals surface area contributed by atoms with E-state index >= 15 is 0 Å². The normalized spacial score (nSPS) is 36.7. The standard InChI is InChI=1S/C14H27NO6/c1-2-3-4-5-6-7-10(17)14(15)13(20)12(19)11(18)9(8-16)21-14/h9,11-13,16,18-20H,2-8,15H2,1H3/t9-,11-,12+,13-,14-/m1/s1. The van der Waals surface area contributed by atoms with Gasteiger partial charge in [-0.1, -0.05) is 32.6 Å². The number of carbonyl (C=O) groups excluding carboxylic acids is 1. The van der Waals surface area contributed by atoms with Crippen molar-refractivity contribution < 1.29 is 30.0 Å². The molecule has 1 aliphatic heterocycles. The smallest absolute Gasteiger partial charge is 0.205 e. The van der Waals surface area contributed by atoms with Crippen LogP contribution in [-0.4, -0.2) is 63.0 Å². The molecule has 124 valence electrons. The summed E-state index contributed by atoms with van der Waals surface area (Å²) >= 11 is 0. The summed E-state index contributed by atoms with van der Waals surface area (Å²) in [6, 6.07) is 0. The summed E-state index contributed by atoms with van der Waals surface area (Å²) < 4.78 is 5.18. The minimum absolute atomic E-state index is 0.123. The van der Waals surface area contributed by atoms with E-state index in [0.29, 0.717) is 6.42 Å². The summed E-state index contributed by atoms with van der Waals surface area (Å²) in [6.07, 6.45) is -1.21. The van der Waals surface area contributed by atoms with E-state index in [-0.39, 0.29) is 6.42 Å². The minimum atomic E-state index is -2.09. The molecule has 0 aliphatic carbocycles. The Balaban J connectivity index is 2.62. The fraction of sp³-hybridized carbons (Fsp3) is 0.929. The predicted octanol–water partition coefficient (Wildman–Crippen LogP) is -0.955. The zero-order valence-corrected chi connectivity index (χ0v) is 12.4. The fourth-order valence-corrected chi connectivity index (χ4v) is 2.51. The average molecular weight is 305 g/mol. The highest BCUT2D eigenvalue weighted by molar-refractivity contribution is 5.87. The van der Waals surface area contributed by atoms with Crippen LogP contribution in [0.25, 0.3) is 0 Å². The number of hydrogen-bond acceptors (Lipinski definition) is 7. The summed E-state index contributed by atoms with van der Waals surface area (Å²) in [5, 5.41) is 38.4. The van der Waals surface area contributed by atoms with Gasteiger partial charge in [0.2, 0.25) is 5.72 Å². The summed E-state index contributed by atoms with van der Waals surface area (Å²) in [4.78, 5) is 12.2. The summed E-state index contributed by atoms with van der Waals surface area (Å²) in [5.41, 5.74) is 3.72. The van der Waals surface area contributed by atoms with Gasteiger partial charge in [-0.25, -0.2) is 0 Å². The molecule has 0 radical (unpaired) electrons. The number of hydrogen-bond donors (Lipinski definition) is 5. The molecule has 0 bridgehead atoms. The topological polar surface area (TPSA) is 133 Å². The third kappa shape index (κ3) is 4.21. The Morgan fingerprint density at radius 1 is 1.14 bits per heavy atom. The molecule has 0 aromatic heterocycles. The second-order valence-corrected chi connectivity index (χ2v) is 5.65. The van der Waals surface area contributed by atoms with Crippen LogP contribution in [0, 0.1) is 0 Å². The highest BCUT2D eigenvalue weighted by Gasteiger charge is 2.54. The fourth-order valence-electron chi connectivity index (χ4n) is 2.51. The molecule has 0 aromatic rings. The molecule has 1 aliphatic rings. The number of aliphatic hydroxyl groups is 4. The maximum atomic E-state index is 12.2. The second kappa shape index (κ2) is 8.17. The maximum absolute atomic E-state index is 12.2. The Kier molecular flexibility index (Phi) is 7.19. The number of ketones is 1.